The van der Waals surface area contributed by atoms with Gasteiger partial charge in [-0.1, -0.05) is 44.5 Å². The van der Waals surface area contributed by atoms with Gasteiger partial charge >= 0.3 is 0 Å². The van der Waals surface area contributed by atoms with E-state index in [-0.39, 0.29) is 18.4 Å². The Balaban J connectivity index is 2.51. The molecule has 0 radical (unpaired) electrons. The van der Waals surface area contributed by atoms with Crippen LogP contribution in [0.25, 0.3) is 0 Å². The molecule has 0 aliphatic rings. The number of hydrogen-bond acceptors (Lipinski definition) is 3. The number of hydrogen-bond donors (Lipinski definition) is 3. The molecule has 0 aliphatic carbocycles. The lowest BCUT2D eigenvalue weighted by Gasteiger charge is -2.17. The summed E-state index contributed by atoms with van der Waals surface area (Å²) in [5.74, 6) is 0.0486. The van der Waals surface area contributed by atoms with Gasteiger partial charge in [0.2, 0.25) is 5.91 Å². The molecule has 0 aromatic heterocycles. The zero-order valence-electron chi connectivity index (χ0n) is 11.0. The molecule has 1 amide bonds. The van der Waals surface area contributed by atoms with Crippen molar-refractivity contribution in [2.45, 2.75) is 39.5 Å². The Morgan fingerprint density at radius 2 is 2.11 bits per heavy atom. The second-order valence-corrected chi connectivity index (χ2v) is 4.61. The van der Waals surface area contributed by atoms with Gasteiger partial charge in [-0.15, -0.1) is 0 Å². The number of carbonyl (C=O) groups is 1. The molecule has 100 valence electrons. The van der Waals surface area contributed by atoms with E-state index < -0.39 is 6.04 Å². The van der Waals surface area contributed by atoms with E-state index in [4.69, 9.17) is 10.8 Å². The van der Waals surface area contributed by atoms with E-state index in [0.717, 1.165) is 17.5 Å². The van der Waals surface area contributed by atoms with Gasteiger partial charge in [0, 0.05) is 6.54 Å². The van der Waals surface area contributed by atoms with E-state index >= 15 is 0 Å². The third-order valence-corrected chi connectivity index (χ3v) is 3.20. The van der Waals surface area contributed by atoms with Crippen LogP contribution in [0.15, 0.2) is 24.3 Å². The van der Waals surface area contributed by atoms with Crippen LogP contribution in [0.4, 0.5) is 0 Å². The maximum atomic E-state index is 11.8. The highest BCUT2D eigenvalue weighted by Crippen LogP contribution is 2.07. The lowest BCUT2D eigenvalue weighted by atomic mass is 9.99. The molecule has 0 heterocycles. The van der Waals surface area contributed by atoms with Crippen LogP contribution in [0.5, 0.6) is 0 Å². The van der Waals surface area contributed by atoms with Crippen LogP contribution in [0.2, 0.25) is 0 Å². The predicted octanol–water partition coefficient (Wildman–Crippen LogP) is 1.17. The van der Waals surface area contributed by atoms with Crippen molar-refractivity contribution in [3.05, 3.63) is 35.4 Å². The van der Waals surface area contributed by atoms with E-state index in [2.05, 4.69) is 5.32 Å². The summed E-state index contributed by atoms with van der Waals surface area (Å²) in [5, 5.41) is 11.8. The van der Waals surface area contributed by atoms with Gasteiger partial charge in [0.1, 0.15) is 0 Å². The molecule has 18 heavy (non-hydrogen) atoms. The van der Waals surface area contributed by atoms with Gasteiger partial charge < -0.3 is 16.2 Å². The second kappa shape index (κ2) is 7.13. The zero-order valence-corrected chi connectivity index (χ0v) is 11.0. The lowest BCUT2D eigenvalue weighted by molar-refractivity contribution is -0.123. The molecule has 0 spiro atoms. The van der Waals surface area contributed by atoms with Crippen LogP contribution in [0.3, 0.4) is 0 Å². The normalized spacial score (nSPS) is 14.0. The maximum Gasteiger partial charge on any atom is 0.237 e. The number of aliphatic hydroxyl groups is 1. The van der Waals surface area contributed by atoms with Gasteiger partial charge in [-0.3, -0.25) is 4.79 Å². The van der Waals surface area contributed by atoms with E-state index in [9.17, 15) is 4.79 Å². The summed E-state index contributed by atoms with van der Waals surface area (Å²) in [6, 6.07) is 7.03. The first-order valence-electron chi connectivity index (χ1n) is 6.30. The molecule has 1 aromatic carbocycles. The molecular formula is C14H22N2O2. The van der Waals surface area contributed by atoms with Crippen LogP contribution in [-0.4, -0.2) is 17.1 Å². The number of aliphatic hydroxyl groups excluding tert-OH is 1. The number of nitrogens with two attached hydrogens (primary N) is 1. The Labute approximate surface area is 108 Å². The van der Waals surface area contributed by atoms with Gasteiger partial charge in [-0.25, -0.2) is 0 Å². The summed E-state index contributed by atoms with van der Waals surface area (Å²) < 4.78 is 0. The SMILES string of the molecule is CCC(C)[C@H](N)C(=O)NCc1cccc(CO)c1. The monoisotopic (exact) mass is 250 g/mol. The Kier molecular flexibility index (Phi) is 5.82. The smallest absolute Gasteiger partial charge is 0.237 e. The molecule has 0 fully saturated rings. The lowest BCUT2D eigenvalue weighted by Crippen LogP contribution is -2.44. The number of carbonyl (C=O) groups excluding carboxylic acids is 1. The fourth-order valence-corrected chi connectivity index (χ4v) is 1.66. The van der Waals surface area contributed by atoms with Crippen LogP contribution in [0, 0.1) is 5.92 Å². The summed E-state index contributed by atoms with van der Waals surface area (Å²) >= 11 is 0. The second-order valence-electron chi connectivity index (χ2n) is 4.61. The molecule has 0 saturated carbocycles. The van der Waals surface area contributed by atoms with Crippen molar-refractivity contribution in [3.63, 3.8) is 0 Å². The summed E-state index contributed by atoms with van der Waals surface area (Å²) in [4.78, 5) is 11.8. The minimum absolute atomic E-state index is 0.00810. The van der Waals surface area contributed by atoms with Gasteiger partial charge in [0.25, 0.3) is 0 Å². The molecule has 0 aliphatic heterocycles. The first kappa shape index (κ1) is 14.7. The topological polar surface area (TPSA) is 75.4 Å². The Morgan fingerprint density at radius 3 is 2.72 bits per heavy atom. The maximum absolute atomic E-state index is 11.8. The predicted molar refractivity (Wildman–Crippen MR) is 71.6 cm³/mol. The number of rotatable bonds is 6. The standard InChI is InChI=1S/C14H22N2O2/c1-3-10(2)13(15)14(18)16-8-11-5-4-6-12(7-11)9-17/h4-7,10,13,17H,3,8-9,15H2,1-2H3,(H,16,18)/t10?,13-/m0/s1. The minimum atomic E-state index is -0.462. The third-order valence-electron chi connectivity index (χ3n) is 3.20. The first-order valence-corrected chi connectivity index (χ1v) is 6.30. The first-order chi connectivity index (χ1) is 8.58. The number of nitrogens with one attached hydrogen (secondary N) is 1. The van der Waals surface area contributed by atoms with Crippen molar-refractivity contribution in [2.75, 3.05) is 0 Å². The van der Waals surface area contributed by atoms with Gasteiger partial charge in [0.05, 0.1) is 12.6 Å². The average molecular weight is 250 g/mol. The largest absolute Gasteiger partial charge is 0.392 e. The molecule has 1 rings (SSSR count). The van der Waals surface area contributed by atoms with Crippen molar-refractivity contribution in [3.8, 4) is 0 Å². The summed E-state index contributed by atoms with van der Waals surface area (Å²) in [7, 11) is 0. The van der Waals surface area contributed by atoms with E-state index in [0.29, 0.717) is 6.54 Å². The van der Waals surface area contributed by atoms with Crippen molar-refractivity contribution in [2.24, 2.45) is 11.7 Å². The third kappa shape index (κ3) is 4.13. The van der Waals surface area contributed by atoms with Crippen LogP contribution in [-0.2, 0) is 17.9 Å². The molecular weight excluding hydrogens is 228 g/mol. The van der Waals surface area contributed by atoms with E-state index in [1.807, 2.05) is 38.1 Å². The highest BCUT2D eigenvalue weighted by molar-refractivity contribution is 5.81. The molecule has 4 nitrogen and oxygen atoms in total. The molecule has 1 aromatic rings. The summed E-state index contributed by atoms with van der Waals surface area (Å²) in [5.41, 5.74) is 7.64. The van der Waals surface area contributed by atoms with Gasteiger partial charge in [-0.2, -0.15) is 0 Å². The molecule has 1 unspecified atom stereocenters. The van der Waals surface area contributed by atoms with Gasteiger partial charge in [0.15, 0.2) is 0 Å². The average Bonchev–Trinajstić information content (AvgIpc) is 2.43. The summed E-state index contributed by atoms with van der Waals surface area (Å²) in [6.45, 7) is 4.43. The quantitative estimate of drug-likeness (QED) is 0.709. The van der Waals surface area contributed by atoms with Crippen molar-refractivity contribution >= 4 is 5.91 Å². The highest BCUT2D eigenvalue weighted by atomic mass is 16.3. The Morgan fingerprint density at radius 1 is 1.44 bits per heavy atom. The highest BCUT2D eigenvalue weighted by Gasteiger charge is 2.18. The molecule has 4 heteroatoms. The molecule has 4 N–H and O–H groups in total. The summed E-state index contributed by atoms with van der Waals surface area (Å²) in [6.07, 6.45) is 0.884. The van der Waals surface area contributed by atoms with Crippen molar-refractivity contribution in [1.29, 1.82) is 0 Å². The van der Waals surface area contributed by atoms with Crippen LogP contribution in [0.1, 0.15) is 31.4 Å². The van der Waals surface area contributed by atoms with Crippen molar-refractivity contribution in [1.82, 2.24) is 5.32 Å². The Hall–Kier alpha value is -1.39. The number of amides is 1. The molecule has 2 atom stereocenters. The fourth-order valence-electron chi connectivity index (χ4n) is 1.66. The Bertz CT molecular complexity index is 393. The van der Waals surface area contributed by atoms with Crippen molar-refractivity contribution < 1.29 is 9.90 Å². The van der Waals surface area contributed by atoms with E-state index in [1.54, 1.807) is 0 Å². The van der Waals surface area contributed by atoms with E-state index in [1.165, 1.54) is 0 Å². The van der Waals surface area contributed by atoms with Crippen LogP contribution >= 0.6 is 0 Å². The fraction of sp³-hybridized carbons (Fsp3) is 0.500. The minimum Gasteiger partial charge on any atom is -0.392 e. The zero-order chi connectivity index (χ0) is 13.5. The van der Waals surface area contributed by atoms with Gasteiger partial charge in [-0.05, 0) is 17.0 Å². The van der Waals surface area contributed by atoms with Crippen LogP contribution < -0.4 is 11.1 Å². The number of benzene rings is 1. The molecule has 0 saturated heterocycles. The molecule has 0 bridgehead atoms.